The van der Waals surface area contributed by atoms with Crippen molar-refractivity contribution in [1.82, 2.24) is 14.5 Å². The first-order chi connectivity index (χ1) is 9.67. The molecule has 0 saturated carbocycles. The van der Waals surface area contributed by atoms with Gasteiger partial charge in [-0.2, -0.15) is 0 Å². The largest absolute Gasteiger partial charge is 0.331 e. The van der Waals surface area contributed by atoms with Gasteiger partial charge < -0.3 is 4.57 Å². The zero-order valence-electron chi connectivity index (χ0n) is 12.3. The summed E-state index contributed by atoms with van der Waals surface area (Å²) in [4.78, 5) is 25.3. The summed E-state index contributed by atoms with van der Waals surface area (Å²) in [6.07, 6.45) is 3.79. The standard InChI is InChI=1S/C14H21N5O/c1-4-6-17-9-15-12-11(17)13-16-10(3)8-19(13)14(20)18(12)7-5-2/h9-10H,4-8H2,1-3H3. The van der Waals surface area contributed by atoms with Crippen LogP contribution in [0.4, 0.5) is 10.6 Å². The maximum atomic E-state index is 12.6. The highest BCUT2D eigenvalue weighted by atomic mass is 16.2. The second-order valence-electron chi connectivity index (χ2n) is 5.46. The minimum atomic E-state index is 0.0178. The molecular weight excluding hydrogens is 254 g/mol. The van der Waals surface area contributed by atoms with Gasteiger partial charge in [-0.1, -0.05) is 13.8 Å². The molecular formula is C14H21N5O. The van der Waals surface area contributed by atoms with Gasteiger partial charge in [-0.15, -0.1) is 0 Å². The Morgan fingerprint density at radius 1 is 1.30 bits per heavy atom. The van der Waals surface area contributed by atoms with Crippen LogP contribution in [0.3, 0.4) is 0 Å². The van der Waals surface area contributed by atoms with Crippen molar-refractivity contribution in [3.05, 3.63) is 12.0 Å². The van der Waals surface area contributed by atoms with Gasteiger partial charge in [0, 0.05) is 13.1 Å². The van der Waals surface area contributed by atoms with Crippen molar-refractivity contribution in [2.45, 2.75) is 46.2 Å². The zero-order valence-corrected chi connectivity index (χ0v) is 12.3. The van der Waals surface area contributed by atoms with Crippen LogP contribution >= 0.6 is 0 Å². The molecule has 0 radical (unpaired) electrons. The van der Waals surface area contributed by atoms with Crippen molar-refractivity contribution in [1.29, 1.82) is 0 Å². The number of urea groups is 1. The number of amidine groups is 1. The van der Waals surface area contributed by atoms with E-state index in [-0.39, 0.29) is 12.1 Å². The third-order valence-electron chi connectivity index (χ3n) is 3.70. The lowest BCUT2D eigenvalue weighted by Crippen LogP contribution is -2.51. The Balaban J connectivity index is 2.11. The van der Waals surface area contributed by atoms with E-state index in [1.165, 1.54) is 0 Å². The van der Waals surface area contributed by atoms with Crippen LogP contribution in [0.15, 0.2) is 11.3 Å². The average Bonchev–Trinajstić information content (AvgIpc) is 2.99. The number of rotatable bonds is 4. The van der Waals surface area contributed by atoms with Gasteiger partial charge in [0.15, 0.2) is 11.7 Å². The molecule has 1 unspecified atom stereocenters. The summed E-state index contributed by atoms with van der Waals surface area (Å²) < 4.78 is 2.12. The summed E-state index contributed by atoms with van der Waals surface area (Å²) in [5.74, 6) is 1.57. The lowest BCUT2D eigenvalue weighted by molar-refractivity contribution is 0.227. The fourth-order valence-corrected chi connectivity index (χ4v) is 2.90. The van der Waals surface area contributed by atoms with Gasteiger partial charge in [-0.05, 0) is 19.8 Å². The summed E-state index contributed by atoms with van der Waals surface area (Å²) in [7, 11) is 0. The fourth-order valence-electron chi connectivity index (χ4n) is 2.90. The maximum absolute atomic E-state index is 12.6. The van der Waals surface area contributed by atoms with Gasteiger partial charge >= 0.3 is 6.03 Å². The number of aliphatic imine (C=N–C) groups is 1. The second-order valence-corrected chi connectivity index (χ2v) is 5.46. The van der Waals surface area contributed by atoms with Crippen LogP contribution in [0.5, 0.6) is 0 Å². The molecule has 0 aromatic carbocycles. The Bertz CT molecular complexity index is 562. The van der Waals surface area contributed by atoms with E-state index in [4.69, 9.17) is 0 Å². The number of nitrogens with zero attached hydrogens (tertiary/aromatic N) is 5. The molecule has 3 heterocycles. The van der Waals surface area contributed by atoms with Gasteiger partial charge in [-0.25, -0.2) is 9.78 Å². The second kappa shape index (κ2) is 4.92. The first kappa shape index (κ1) is 13.1. The quantitative estimate of drug-likeness (QED) is 0.845. The van der Waals surface area contributed by atoms with Gasteiger partial charge in [0.2, 0.25) is 0 Å². The number of hydrogen-bond donors (Lipinski definition) is 0. The first-order valence-corrected chi connectivity index (χ1v) is 7.39. The van der Waals surface area contributed by atoms with Gasteiger partial charge in [-0.3, -0.25) is 14.8 Å². The van der Waals surface area contributed by atoms with E-state index >= 15 is 0 Å². The SMILES string of the molecule is CCCN1C(=O)N2CC(C)N=C2c2c1ncn2CCC. The van der Waals surface area contributed by atoms with E-state index in [9.17, 15) is 4.79 Å². The van der Waals surface area contributed by atoms with E-state index in [2.05, 4.69) is 28.4 Å². The Morgan fingerprint density at radius 3 is 2.75 bits per heavy atom. The number of hydrogen-bond acceptors (Lipinski definition) is 3. The van der Waals surface area contributed by atoms with E-state index in [0.29, 0.717) is 13.1 Å². The molecule has 3 rings (SSSR count). The molecule has 2 aliphatic heterocycles. The third-order valence-corrected chi connectivity index (χ3v) is 3.70. The summed E-state index contributed by atoms with van der Waals surface area (Å²) in [6.45, 7) is 8.53. The predicted octanol–water partition coefficient (Wildman–Crippen LogP) is 2.09. The van der Waals surface area contributed by atoms with Crippen molar-refractivity contribution in [2.24, 2.45) is 4.99 Å². The van der Waals surface area contributed by atoms with E-state index < -0.39 is 0 Å². The molecule has 1 aromatic rings. The van der Waals surface area contributed by atoms with E-state index in [1.54, 1.807) is 9.80 Å². The monoisotopic (exact) mass is 275 g/mol. The topological polar surface area (TPSA) is 53.7 Å². The molecule has 0 aliphatic carbocycles. The molecule has 0 N–H and O–H groups in total. The molecule has 0 fully saturated rings. The van der Waals surface area contributed by atoms with Crippen molar-refractivity contribution in [3.8, 4) is 0 Å². The molecule has 20 heavy (non-hydrogen) atoms. The average molecular weight is 275 g/mol. The molecule has 1 atom stereocenters. The summed E-state index contributed by atoms with van der Waals surface area (Å²) in [6, 6.07) is 0.178. The highest BCUT2D eigenvalue weighted by Gasteiger charge is 2.41. The van der Waals surface area contributed by atoms with Crippen LogP contribution in [0.25, 0.3) is 0 Å². The third kappa shape index (κ3) is 1.82. The Hall–Kier alpha value is -1.85. The van der Waals surface area contributed by atoms with Crippen LogP contribution < -0.4 is 4.90 Å². The van der Waals surface area contributed by atoms with Crippen LogP contribution in [0.1, 0.15) is 39.3 Å². The molecule has 6 nitrogen and oxygen atoms in total. The lowest BCUT2D eigenvalue weighted by atomic mass is 10.2. The molecule has 0 spiro atoms. The Morgan fingerprint density at radius 2 is 2.05 bits per heavy atom. The van der Waals surface area contributed by atoms with Gasteiger partial charge in [0.25, 0.3) is 0 Å². The Kier molecular flexibility index (Phi) is 3.23. The number of amides is 2. The normalized spacial score (nSPS) is 21.1. The minimum absolute atomic E-state index is 0.0178. The van der Waals surface area contributed by atoms with Gasteiger partial charge in [0.05, 0.1) is 18.9 Å². The van der Waals surface area contributed by atoms with Gasteiger partial charge in [0.1, 0.15) is 5.69 Å². The number of aryl methyl sites for hydroxylation is 1. The van der Waals surface area contributed by atoms with Crippen LogP contribution in [0, 0.1) is 0 Å². The molecule has 2 aliphatic rings. The van der Waals surface area contributed by atoms with Crippen LogP contribution in [-0.4, -0.2) is 45.4 Å². The fraction of sp³-hybridized carbons (Fsp3) is 0.643. The maximum Gasteiger partial charge on any atom is 0.331 e. The number of anilines is 1. The van der Waals surface area contributed by atoms with Crippen LogP contribution in [-0.2, 0) is 6.54 Å². The molecule has 0 saturated heterocycles. The molecule has 6 heteroatoms. The highest BCUT2D eigenvalue weighted by Crippen LogP contribution is 2.31. The lowest BCUT2D eigenvalue weighted by Gasteiger charge is -2.33. The summed E-state index contributed by atoms with van der Waals surface area (Å²) >= 11 is 0. The zero-order chi connectivity index (χ0) is 14.3. The number of carbonyl (C=O) groups excluding carboxylic acids is 1. The Labute approximate surface area is 119 Å². The van der Waals surface area contributed by atoms with E-state index in [0.717, 1.165) is 36.7 Å². The van der Waals surface area contributed by atoms with Crippen molar-refractivity contribution >= 4 is 17.7 Å². The van der Waals surface area contributed by atoms with E-state index in [1.807, 2.05) is 13.3 Å². The number of imidazole rings is 1. The molecule has 2 amide bonds. The minimum Gasteiger partial charge on any atom is -0.326 e. The number of carbonyl (C=O) groups is 1. The first-order valence-electron chi connectivity index (χ1n) is 7.39. The van der Waals surface area contributed by atoms with Crippen molar-refractivity contribution in [3.63, 3.8) is 0 Å². The number of aromatic nitrogens is 2. The summed E-state index contributed by atoms with van der Waals surface area (Å²) in [5, 5.41) is 0. The molecule has 108 valence electrons. The molecule has 1 aromatic heterocycles. The molecule has 0 bridgehead atoms. The summed E-state index contributed by atoms with van der Waals surface area (Å²) in [5.41, 5.74) is 1.00. The predicted molar refractivity (Wildman–Crippen MR) is 78.3 cm³/mol. The highest BCUT2D eigenvalue weighted by molar-refractivity contribution is 6.18. The smallest absolute Gasteiger partial charge is 0.326 e. The van der Waals surface area contributed by atoms with Crippen LogP contribution in [0.2, 0.25) is 0 Å². The number of fused-ring (bicyclic) bond motifs is 3. The van der Waals surface area contributed by atoms with Crippen molar-refractivity contribution in [2.75, 3.05) is 18.0 Å². The van der Waals surface area contributed by atoms with Crippen molar-refractivity contribution < 1.29 is 4.79 Å².